The molecule has 0 saturated heterocycles. The minimum Gasteiger partial charge on any atom is -0.497 e. The first kappa shape index (κ1) is 14.2. The Labute approximate surface area is 106 Å². The summed E-state index contributed by atoms with van der Waals surface area (Å²) in [6.45, 7) is 3.96. The number of methoxy groups -OCH3 is 1. The van der Waals surface area contributed by atoms with E-state index in [1.54, 1.807) is 7.11 Å². The SMILES string of the molecule is CNC(CS(=O)C(C)C)c1cccc(OC)c1. The van der Waals surface area contributed by atoms with Gasteiger partial charge in [-0.25, -0.2) is 0 Å². The molecule has 0 saturated carbocycles. The molecule has 0 radical (unpaired) electrons. The second kappa shape index (κ2) is 6.77. The predicted molar refractivity (Wildman–Crippen MR) is 72.9 cm³/mol. The molecule has 3 nitrogen and oxygen atoms in total. The lowest BCUT2D eigenvalue weighted by molar-refractivity contribution is 0.413. The molecule has 0 spiro atoms. The van der Waals surface area contributed by atoms with E-state index in [1.165, 1.54) is 0 Å². The van der Waals surface area contributed by atoms with E-state index in [0.29, 0.717) is 5.75 Å². The summed E-state index contributed by atoms with van der Waals surface area (Å²) in [7, 11) is 2.73. The molecule has 0 amide bonds. The molecule has 4 heteroatoms. The van der Waals surface area contributed by atoms with Crippen LogP contribution in [0.25, 0.3) is 0 Å². The third kappa shape index (κ3) is 4.13. The van der Waals surface area contributed by atoms with Gasteiger partial charge in [0.2, 0.25) is 0 Å². The lowest BCUT2D eigenvalue weighted by atomic mass is 10.1. The summed E-state index contributed by atoms with van der Waals surface area (Å²) in [4.78, 5) is 0. The van der Waals surface area contributed by atoms with E-state index in [-0.39, 0.29) is 11.3 Å². The maximum Gasteiger partial charge on any atom is 0.119 e. The Morgan fingerprint density at radius 3 is 2.65 bits per heavy atom. The fourth-order valence-electron chi connectivity index (χ4n) is 1.56. The molecule has 1 aromatic carbocycles. The first-order chi connectivity index (χ1) is 8.08. The van der Waals surface area contributed by atoms with Crippen LogP contribution in [0.4, 0.5) is 0 Å². The van der Waals surface area contributed by atoms with Crippen LogP contribution in [0.15, 0.2) is 24.3 Å². The Morgan fingerprint density at radius 1 is 1.41 bits per heavy atom. The van der Waals surface area contributed by atoms with Gasteiger partial charge in [0.25, 0.3) is 0 Å². The van der Waals surface area contributed by atoms with Crippen molar-refractivity contribution in [2.24, 2.45) is 0 Å². The van der Waals surface area contributed by atoms with Crippen molar-refractivity contribution in [1.29, 1.82) is 0 Å². The first-order valence-electron chi connectivity index (χ1n) is 5.77. The van der Waals surface area contributed by atoms with Crippen molar-refractivity contribution in [2.75, 3.05) is 19.9 Å². The molecule has 2 unspecified atom stereocenters. The van der Waals surface area contributed by atoms with Crippen molar-refractivity contribution in [3.8, 4) is 5.75 Å². The van der Waals surface area contributed by atoms with Gasteiger partial charge in [0.05, 0.1) is 7.11 Å². The van der Waals surface area contributed by atoms with Crippen molar-refractivity contribution in [3.05, 3.63) is 29.8 Å². The number of hydrogen-bond acceptors (Lipinski definition) is 3. The molecular formula is C13H21NO2S. The van der Waals surface area contributed by atoms with E-state index in [4.69, 9.17) is 4.74 Å². The number of rotatable bonds is 6. The van der Waals surface area contributed by atoms with Gasteiger partial charge in [-0.15, -0.1) is 0 Å². The largest absolute Gasteiger partial charge is 0.497 e. The summed E-state index contributed by atoms with van der Waals surface area (Å²) in [5, 5.41) is 3.40. The smallest absolute Gasteiger partial charge is 0.119 e. The standard InChI is InChI=1S/C13H21NO2S/c1-10(2)17(15)9-13(14-3)11-6-5-7-12(8-11)16-4/h5-8,10,13-14H,9H2,1-4H3. The predicted octanol–water partition coefficient (Wildman–Crippen LogP) is 2.11. The van der Waals surface area contributed by atoms with Gasteiger partial charge >= 0.3 is 0 Å². The zero-order chi connectivity index (χ0) is 12.8. The summed E-state index contributed by atoms with van der Waals surface area (Å²) in [5.41, 5.74) is 1.11. The van der Waals surface area contributed by atoms with Crippen LogP contribution < -0.4 is 10.1 Å². The van der Waals surface area contributed by atoms with Gasteiger partial charge in [0.1, 0.15) is 5.75 Å². The summed E-state index contributed by atoms with van der Waals surface area (Å²) in [5.74, 6) is 1.46. The van der Waals surface area contributed by atoms with Crippen LogP contribution in [0.2, 0.25) is 0 Å². The van der Waals surface area contributed by atoms with Crippen molar-refractivity contribution < 1.29 is 8.95 Å². The Balaban J connectivity index is 2.82. The lowest BCUT2D eigenvalue weighted by Crippen LogP contribution is -2.25. The van der Waals surface area contributed by atoms with E-state index < -0.39 is 10.8 Å². The quantitative estimate of drug-likeness (QED) is 0.846. The Bertz CT molecular complexity index is 379. The molecule has 96 valence electrons. The van der Waals surface area contributed by atoms with Crippen LogP contribution in [0, 0.1) is 0 Å². The lowest BCUT2D eigenvalue weighted by Gasteiger charge is -2.18. The van der Waals surface area contributed by atoms with Crippen LogP contribution in [0.3, 0.4) is 0 Å². The van der Waals surface area contributed by atoms with Crippen molar-refractivity contribution in [3.63, 3.8) is 0 Å². The van der Waals surface area contributed by atoms with E-state index in [1.807, 2.05) is 45.2 Å². The molecule has 1 rings (SSSR count). The number of nitrogens with one attached hydrogen (secondary N) is 1. The molecule has 0 aromatic heterocycles. The topological polar surface area (TPSA) is 38.3 Å². The molecular weight excluding hydrogens is 234 g/mol. The van der Waals surface area contributed by atoms with E-state index in [0.717, 1.165) is 11.3 Å². The number of ether oxygens (including phenoxy) is 1. The van der Waals surface area contributed by atoms with Gasteiger partial charge in [-0.3, -0.25) is 4.21 Å². The maximum atomic E-state index is 11.9. The van der Waals surface area contributed by atoms with Crippen LogP contribution >= 0.6 is 0 Å². The van der Waals surface area contributed by atoms with Gasteiger partial charge in [0, 0.05) is 27.8 Å². The molecule has 2 atom stereocenters. The van der Waals surface area contributed by atoms with Gasteiger partial charge in [-0.2, -0.15) is 0 Å². The number of hydrogen-bond donors (Lipinski definition) is 1. The molecule has 0 bridgehead atoms. The molecule has 0 aliphatic rings. The average molecular weight is 255 g/mol. The molecule has 0 heterocycles. The van der Waals surface area contributed by atoms with Gasteiger partial charge in [-0.05, 0) is 24.7 Å². The van der Waals surface area contributed by atoms with Crippen molar-refractivity contribution >= 4 is 10.8 Å². The monoisotopic (exact) mass is 255 g/mol. The highest BCUT2D eigenvalue weighted by molar-refractivity contribution is 7.85. The number of benzene rings is 1. The van der Waals surface area contributed by atoms with Gasteiger partial charge in [0.15, 0.2) is 0 Å². The minimum atomic E-state index is -0.814. The fraction of sp³-hybridized carbons (Fsp3) is 0.538. The maximum absolute atomic E-state index is 11.9. The highest BCUT2D eigenvalue weighted by Gasteiger charge is 2.15. The molecule has 0 aliphatic carbocycles. The fourth-order valence-corrected chi connectivity index (χ4v) is 2.63. The average Bonchev–Trinajstić information content (AvgIpc) is 2.35. The minimum absolute atomic E-state index is 0.105. The molecule has 17 heavy (non-hydrogen) atoms. The highest BCUT2D eigenvalue weighted by Crippen LogP contribution is 2.20. The Hall–Kier alpha value is -0.870. The highest BCUT2D eigenvalue weighted by atomic mass is 32.2. The van der Waals surface area contributed by atoms with E-state index >= 15 is 0 Å². The Kier molecular flexibility index (Phi) is 5.65. The van der Waals surface area contributed by atoms with Crippen LogP contribution in [-0.4, -0.2) is 29.4 Å². The zero-order valence-electron chi connectivity index (χ0n) is 10.9. The third-order valence-electron chi connectivity index (χ3n) is 2.70. The third-order valence-corrected chi connectivity index (χ3v) is 4.41. The van der Waals surface area contributed by atoms with Crippen molar-refractivity contribution in [2.45, 2.75) is 25.1 Å². The molecule has 0 fully saturated rings. The Morgan fingerprint density at radius 2 is 2.12 bits per heavy atom. The zero-order valence-corrected chi connectivity index (χ0v) is 11.7. The molecule has 1 aromatic rings. The molecule has 0 aliphatic heterocycles. The first-order valence-corrected chi connectivity index (χ1v) is 7.15. The summed E-state index contributed by atoms with van der Waals surface area (Å²) >= 11 is 0. The summed E-state index contributed by atoms with van der Waals surface area (Å²) in [6.07, 6.45) is 0. The van der Waals surface area contributed by atoms with Gasteiger partial charge < -0.3 is 10.1 Å². The van der Waals surface area contributed by atoms with E-state index in [9.17, 15) is 4.21 Å². The molecule has 1 N–H and O–H groups in total. The summed E-state index contributed by atoms with van der Waals surface area (Å²) < 4.78 is 17.1. The normalized spacial score (nSPS) is 14.6. The van der Waals surface area contributed by atoms with Crippen LogP contribution in [0.5, 0.6) is 5.75 Å². The van der Waals surface area contributed by atoms with E-state index in [2.05, 4.69) is 5.32 Å². The second-order valence-electron chi connectivity index (χ2n) is 4.21. The van der Waals surface area contributed by atoms with Crippen molar-refractivity contribution in [1.82, 2.24) is 5.32 Å². The second-order valence-corrected chi connectivity index (χ2v) is 6.25. The summed E-state index contributed by atoms with van der Waals surface area (Å²) in [6, 6.07) is 7.99. The van der Waals surface area contributed by atoms with Crippen LogP contribution in [0.1, 0.15) is 25.5 Å². The van der Waals surface area contributed by atoms with Gasteiger partial charge in [-0.1, -0.05) is 26.0 Å². The van der Waals surface area contributed by atoms with Crippen LogP contribution in [-0.2, 0) is 10.8 Å².